The van der Waals surface area contributed by atoms with Gasteiger partial charge in [0.25, 0.3) is 0 Å². The molecular formula is C17H26BrNSi. The van der Waals surface area contributed by atoms with E-state index in [1.165, 1.54) is 16.8 Å². The third kappa shape index (κ3) is 2.43. The van der Waals surface area contributed by atoms with Gasteiger partial charge in [-0.2, -0.15) is 0 Å². The second-order valence-electron chi connectivity index (χ2n) is 7.73. The van der Waals surface area contributed by atoms with E-state index < -0.39 is 8.07 Å². The minimum Gasteiger partial charge on any atom is -0.265 e. The molecule has 1 aliphatic heterocycles. The average molecular weight is 352 g/mol. The Morgan fingerprint density at radius 2 is 1.60 bits per heavy atom. The smallest absolute Gasteiger partial charge is 0.145 e. The summed E-state index contributed by atoms with van der Waals surface area (Å²) in [5, 5.41) is 0.319. The first kappa shape index (κ1) is 16.0. The summed E-state index contributed by atoms with van der Waals surface area (Å²) in [7, 11) is -1.56. The minimum absolute atomic E-state index is 0.0718. The highest BCUT2D eigenvalue weighted by Gasteiger charge is 2.62. The molecular weight excluding hydrogens is 326 g/mol. The fourth-order valence-corrected chi connectivity index (χ4v) is 6.65. The molecule has 0 amide bonds. The van der Waals surface area contributed by atoms with Crippen LogP contribution in [0.3, 0.4) is 0 Å². The lowest BCUT2D eigenvalue weighted by Crippen LogP contribution is -2.51. The topological polar surface area (TPSA) is 12.4 Å². The second-order valence-corrected chi connectivity index (χ2v) is 15.1. The second kappa shape index (κ2) is 4.81. The Hall–Kier alpha value is -0.413. The van der Waals surface area contributed by atoms with E-state index in [9.17, 15) is 0 Å². The van der Waals surface area contributed by atoms with Crippen LogP contribution in [0.15, 0.2) is 29.3 Å². The van der Waals surface area contributed by atoms with Crippen LogP contribution in [0.1, 0.15) is 51.7 Å². The molecule has 0 fully saturated rings. The third-order valence-electron chi connectivity index (χ3n) is 5.08. The molecule has 0 saturated carbocycles. The van der Waals surface area contributed by atoms with E-state index in [2.05, 4.69) is 87.9 Å². The monoisotopic (exact) mass is 351 g/mol. The number of halogens is 1. The van der Waals surface area contributed by atoms with Crippen LogP contribution in [0, 0.1) is 0 Å². The number of nitrogens with zero attached hydrogens (tertiary/aromatic N) is 1. The maximum absolute atomic E-state index is 4.86. The fraction of sp³-hybridized carbons (Fsp3) is 0.588. The Balaban J connectivity index is 2.24. The van der Waals surface area contributed by atoms with E-state index in [0.717, 1.165) is 0 Å². The first-order valence-corrected chi connectivity index (χ1v) is 11.2. The minimum atomic E-state index is -1.56. The van der Waals surface area contributed by atoms with Gasteiger partial charge >= 0.3 is 0 Å². The predicted molar refractivity (Wildman–Crippen MR) is 95.9 cm³/mol. The molecule has 3 heteroatoms. The molecule has 1 nitrogen and oxygen atoms in total. The van der Waals surface area contributed by atoms with Crippen molar-refractivity contribution >= 4 is 29.7 Å². The standard InChI is InChI=1S/C17H26BrNSi/c1-12(2)13-8-10-14(11-9-13)15-17(18,19-15)20(6,7)16(3,4)5/h8-12H,1-7H3. The Morgan fingerprint density at radius 3 is 2.00 bits per heavy atom. The van der Waals surface area contributed by atoms with Gasteiger partial charge in [-0.1, -0.05) is 87.9 Å². The van der Waals surface area contributed by atoms with Gasteiger partial charge in [0.15, 0.2) is 0 Å². The van der Waals surface area contributed by atoms with Gasteiger partial charge in [-0.3, -0.25) is 4.99 Å². The Kier molecular flexibility index (Phi) is 3.84. The Morgan fingerprint density at radius 1 is 1.10 bits per heavy atom. The summed E-state index contributed by atoms with van der Waals surface area (Å²) in [6.07, 6.45) is 0. The quantitative estimate of drug-likeness (QED) is 0.373. The van der Waals surface area contributed by atoms with Crippen molar-refractivity contribution in [3.63, 3.8) is 0 Å². The highest BCUT2D eigenvalue weighted by Crippen LogP contribution is 2.55. The van der Waals surface area contributed by atoms with Gasteiger partial charge in [-0.25, -0.2) is 0 Å². The van der Waals surface area contributed by atoms with Crippen molar-refractivity contribution in [3.05, 3.63) is 35.4 Å². The first-order chi connectivity index (χ1) is 9.00. The van der Waals surface area contributed by atoms with E-state index in [1.54, 1.807) is 0 Å². The maximum atomic E-state index is 4.86. The van der Waals surface area contributed by atoms with Crippen LogP contribution in [-0.2, 0) is 0 Å². The zero-order chi connectivity index (χ0) is 15.3. The van der Waals surface area contributed by atoms with Gasteiger partial charge in [0, 0.05) is 0 Å². The summed E-state index contributed by atoms with van der Waals surface area (Å²) in [5.74, 6) is 0.583. The lowest BCUT2D eigenvalue weighted by Gasteiger charge is -2.40. The van der Waals surface area contributed by atoms with Crippen molar-refractivity contribution in [1.29, 1.82) is 0 Å². The molecule has 0 bridgehead atoms. The molecule has 0 saturated heterocycles. The first-order valence-electron chi connectivity index (χ1n) is 7.40. The van der Waals surface area contributed by atoms with E-state index in [4.69, 9.17) is 4.99 Å². The van der Waals surface area contributed by atoms with Crippen molar-refractivity contribution in [1.82, 2.24) is 0 Å². The number of hydrogen-bond acceptors (Lipinski definition) is 1. The van der Waals surface area contributed by atoms with E-state index in [-0.39, 0.29) is 4.07 Å². The maximum Gasteiger partial charge on any atom is 0.145 e. The summed E-state index contributed by atoms with van der Waals surface area (Å²) in [4.78, 5) is 4.86. The molecule has 1 aromatic rings. The number of alkyl halides is 1. The van der Waals surface area contributed by atoms with Crippen LogP contribution in [0.5, 0.6) is 0 Å². The molecule has 0 aliphatic carbocycles. The predicted octanol–water partition coefficient (Wildman–Crippen LogP) is 5.75. The van der Waals surface area contributed by atoms with Crippen molar-refractivity contribution in [3.8, 4) is 0 Å². The van der Waals surface area contributed by atoms with E-state index >= 15 is 0 Å². The number of rotatable bonds is 3. The average Bonchev–Trinajstić information content (AvgIpc) is 3.02. The summed E-state index contributed by atoms with van der Waals surface area (Å²) in [5.41, 5.74) is 3.91. The molecule has 1 unspecified atom stereocenters. The van der Waals surface area contributed by atoms with Crippen LogP contribution in [0.2, 0.25) is 18.1 Å². The molecule has 0 spiro atoms. The zero-order valence-corrected chi connectivity index (χ0v) is 16.3. The molecule has 1 aromatic carbocycles. The molecule has 0 N–H and O–H groups in total. The van der Waals surface area contributed by atoms with Crippen molar-refractivity contribution in [2.75, 3.05) is 0 Å². The molecule has 1 atom stereocenters. The van der Waals surface area contributed by atoms with Gasteiger partial charge < -0.3 is 0 Å². The van der Waals surface area contributed by atoms with Crippen LogP contribution in [0.4, 0.5) is 0 Å². The zero-order valence-electron chi connectivity index (χ0n) is 13.7. The lowest BCUT2D eigenvalue weighted by molar-refractivity contribution is 0.711. The summed E-state index contributed by atoms with van der Waals surface area (Å²) >= 11 is 3.96. The van der Waals surface area contributed by atoms with Crippen LogP contribution in [-0.4, -0.2) is 17.9 Å². The fourth-order valence-electron chi connectivity index (χ4n) is 2.34. The molecule has 0 aromatic heterocycles. The van der Waals surface area contributed by atoms with Gasteiger partial charge in [0.2, 0.25) is 0 Å². The van der Waals surface area contributed by atoms with E-state index in [0.29, 0.717) is 11.0 Å². The molecule has 110 valence electrons. The molecule has 20 heavy (non-hydrogen) atoms. The highest BCUT2D eigenvalue weighted by atomic mass is 79.9. The summed E-state index contributed by atoms with van der Waals surface area (Å²) in [6, 6.07) is 8.93. The van der Waals surface area contributed by atoms with Crippen LogP contribution in [0.25, 0.3) is 0 Å². The van der Waals surface area contributed by atoms with Crippen molar-refractivity contribution in [2.45, 2.75) is 62.7 Å². The van der Waals surface area contributed by atoms with Crippen molar-refractivity contribution < 1.29 is 0 Å². The Labute approximate surface area is 133 Å². The van der Waals surface area contributed by atoms with E-state index in [1.807, 2.05) is 0 Å². The van der Waals surface area contributed by atoms with Crippen molar-refractivity contribution in [2.24, 2.45) is 4.99 Å². The van der Waals surface area contributed by atoms with Gasteiger partial charge in [0.05, 0.1) is 5.71 Å². The van der Waals surface area contributed by atoms with Gasteiger partial charge in [-0.05, 0) is 22.1 Å². The Bertz CT molecular complexity index is 537. The van der Waals surface area contributed by atoms with Crippen LogP contribution < -0.4 is 0 Å². The third-order valence-corrected chi connectivity index (χ3v) is 14.4. The molecule has 2 rings (SSSR count). The number of hydrogen-bond donors (Lipinski definition) is 0. The number of benzene rings is 1. The largest absolute Gasteiger partial charge is 0.265 e. The molecule has 1 aliphatic rings. The SMILES string of the molecule is CC(C)c1ccc(C2=NC2(Br)[Si](C)(C)C(C)(C)C)cc1. The summed E-state index contributed by atoms with van der Waals surface area (Å²) in [6.45, 7) is 16.4. The van der Waals surface area contributed by atoms with Gasteiger partial charge in [-0.15, -0.1) is 0 Å². The molecule has 0 radical (unpaired) electrons. The number of aliphatic imine (C=N–C) groups is 1. The molecule has 1 heterocycles. The summed E-state index contributed by atoms with van der Waals surface area (Å²) < 4.78 is -0.0718. The lowest BCUT2D eigenvalue weighted by atomic mass is 10.0. The normalized spacial score (nSPS) is 22.9. The highest BCUT2D eigenvalue weighted by molar-refractivity contribution is 9.11. The van der Waals surface area contributed by atoms with Gasteiger partial charge in [0.1, 0.15) is 12.1 Å². The van der Waals surface area contributed by atoms with Crippen LogP contribution >= 0.6 is 15.9 Å².